The highest BCUT2D eigenvalue weighted by molar-refractivity contribution is 7.99. The topological polar surface area (TPSA) is 72.5 Å². The molecule has 0 heterocycles. The largest absolute Gasteiger partial charge is 0.467 e. The Morgan fingerprint density at radius 3 is 2.82 bits per heavy atom. The van der Waals surface area contributed by atoms with Crippen molar-refractivity contribution >= 4 is 23.4 Å². The van der Waals surface area contributed by atoms with Crippen LogP contribution < -0.4 is 5.73 Å². The Balaban J connectivity index is 2.74. The number of ether oxygens (including phenoxy) is 1. The quantitative estimate of drug-likeness (QED) is 0.485. The van der Waals surface area contributed by atoms with E-state index in [9.17, 15) is 9.90 Å². The lowest BCUT2D eigenvalue weighted by Crippen LogP contribution is -2.38. The van der Waals surface area contributed by atoms with Crippen LogP contribution in [0.5, 0.6) is 0 Å². The Morgan fingerprint density at radius 2 is 2.24 bits per heavy atom. The summed E-state index contributed by atoms with van der Waals surface area (Å²) in [5.74, 6) is -0.441. The number of nitrogen functional groups attached to an aromatic ring is 1. The van der Waals surface area contributed by atoms with Gasteiger partial charge in [0.05, 0.1) is 7.11 Å². The number of carbonyl (C=O) groups is 1. The molecule has 1 aromatic carbocycles. The van der Waals surface area contributed by atoms with Crippen LogP contribution >= 0.6 is 11.8 Å². The first-order chi connectivity index (χ1) is 7.88. The number of rotatable bonds is 4. The summed E-state index contributed by atoms with van der Waals surface area (Å²) in [5, 5.41) is 9.87. The van der Waals surface area contributed by atoms with E-state index in [1.165, 1.54) is 25.8 Å². The molecule has 0 fully saturated rings. The number of benzene rings is 1. The zero-order valence-corrected chi connectivity index (χ0v) is 11.0. The maximum absolute atomic E-state index is 11.3. The molecule has 0 aliphatic rings. The van der Waals surface area contributed by atoms with Gasteiger partial charge >= 0.3 is 5.97 Å². The lowest BCUT2D eigenvalue weighted by atomic mass is 10.1. The maximum atomic E-state index is 11.3. The first-order valence-corrected chi connectivity index (χ1v) is 6.15. The third-order valence-electron chi connectivity index (χ3n) is 2.42. The van der Waals surface area contributed by atoms with Gasteiger partial charge < -0.3 is 15.6 Å². The molecule has 0 saturated carbocycles. The molecule has 0 spiro atoms. The molecule has 0 amide bonds. The molecule has 5 heteroatoms. The van der Waals surface area contributed by atoms with Crippen LogP contribution in [0.25, 0.3) is 0 Å². The van der Waals surface area contributed by atoms with E-state index < -0.39 is 11.6 Å². The van der Waals surface area contributed by atoms with Crippen molar-refractivity contribution in [3.05, 3.63) is 23.8 Å². The summed E-state index contributed by atoms with van der Waals surface area (Å²) in [4.78, 5) is 12.1. The molecule has 0 bridgehead atoms. The molecule has 1 atom stereocenters. The molecule has 0 aromatic heterocycles. The number of nitrogens with two attached hydrogens (primary N) is 1. The van der Waals surface area contributed by atoms with Gasteiger partial charge in [-0.2, -0.15) is 0 Å². The van der Waals surface area contributed by atoms with Gasteiger partial charge in [-0.25, -0.2) is 4.79 Å². The van der Waals surface area contributed by atoms with Crippen LogP contribution in [0.3, 0.4) is 0 Å². The third-order valence-corrected chi connectivity index (χ3v) is 3.79. The van der Waals surface area contributed by atoms with Gasteiger partial charge in [0.2, 0.25) is 0 Å². The molecule has 17 heavy (non-hydrogen) atoms. The highest BCUT2D eigenvalue weighted by Crippen LogP contribution is 2.30. The van der Waals surface area contributed by atoms with E-state index in [0.29, 0.717) is 5.69 Å². The fourth-order valence-electron chi connectivity index (χ4n) is 1.28. The van der Waals surface area contributed by atoms with Gasteiger partial charge in [-0.3, -0.25) is 0 Å². The first-order valence-electron chi connectivity index (χ1n) is 5.17. The zero-order chi connectivity index (χ0) is 13.1. The van der Waals surface area contributed by atoms with Crippen molar-refractivity contribution in [3.8, 4) is 0 Å². The molecule has 1 aromatic rings. The number of anilines is 1. The highest BCUT2D eigenvalue weighted by atomic mass is 32.2. The average molecular weight is 255 g/mol. The minimum absolute atomic E-state index is 0.202. The van der Waals surface area contributed by atoms with Gasteiger partial charge in [-0.15, -0.1) is 11.8 Å². The maximum Gasteiger partial charge on any atom is 0.338 e. The van der Waals surface area contributed by atoms with Crippen molar-refractivity contribution in [1.82, 2.24) is 0 Å². The summed E-state index contributed by atoms with van der Waals surface area (Å²) < 4.78 is 4.52. The van der Waals surface area contributed by atoms with E-state index in [4.69, 9.17) is 5.73 Å². The Bertz CT molecular complexity index is 418. The fourth-order valence-corrected chi connectivity index (χ4v) is 2.32. The lowest BCUT2D eigenvalue weighted by Gasteiger charge is -2.20. The van der Waals surface area contributed by atoms with Crippen molar-refractivity contribution < 1.29 is 14.6 Å². The van der Waals surface area contributed by atoms with Crippen molar-refractivity contribution in [2.45, 2.75) is 24.3 Å². The van der Waals surface area contributed by atoms with Gasteiger partial charge in [-0.1, -0.05) is 12.1 Å². The van der Waals surface area contributed by atoms with Crippen molar-refractivity contribution in [3.63, 3.8) is 0 Å². The van der Waals surface area contributed by atoms with Crippen molar-refractivity contribution in [2.24, 2.45) is 0 Å². The van der Waals surface area contributed by atoms with Crippen LogP contribution in [-0.2, 0) is 9.53 Å². The molecular formula is C12H17NO3S. The number of hydrogen-bond acceptors (Lipinski definition) is 5. The molecular weight excluding hydrogens is 238 g/mol. The van der Waals surface area contributed by atoms with Crippen LogP contribution in [0, 0.1) is 6.92 Å². The third kappa shape index (κ3) is 3.38. The molecule has 0 radical (unpaired) electrons. The molecule has 1 unspecified atom stereocenters. The molecule has 0 aliphatic carbocycles. The predicted molar refractivity (Wildman–Crippen MR) is 69.0 cm³/mol. The van der Waals surface area contributed by atoms with E-state index in [2.05, 4.69) is 4.74 Å². The summed E-state index contributed by atoms with van der Waals surface area (Å²) in [6.45, 7) is 3.34. The van der Waals surface area contributed by atoms with Gasteiger partial charge in [-0.05, 0) is 25.5 Å². The molecule has 4 nitrogen and oxygen atoms in total. The minimum Gasteiger partial charge on any atom is -0.467 e. The van der Waals surface area contributed by atoms with Crippen LogP contribution in [-0.4, -0.2) is 29.5 Å². The van der Waals surface area contributed by atoms with Gasteiger partial charge in [0.15, 0.2) is 5.60 Å². The van der Waals surface area contributed by atoms with Gasteiger partial charge in [0, 0.05) is 16.3 Å². The Kier molecular flexibility index (Phi) is 4.42. The summed E-state index contributed by atoms with van der Waals surface area (Å²) in [6.07, 6.45) is 0. The van der Waals surface area contributed by atoms with E-state index in [1.807, 2.05) is 25.1 Å². The summed E-state index contributed by atoms with van der Waals surface area (Å²) in [7, 11) is 1.25. The Labute approximate surface area is 105 Å². The highest BCUT2D eigenvalue weighted by Gasteiger charge is 2.31. The summed E-state index contributed by atoms with van der Waals surface area (Å²) >= 11 is 1.34. The zero-order valence-electron chi connectivity index (χ0n) is 10.2. The Hall–Kier alpha value is -1.20. The SMILES string of the molecule is COC(=O)C(C)(O)CSc1cccc(C)c1N. The van der Waals surface area contributed by atoms with Crippen LogP contribution in [0.15, 0.2) is 23.1 Å². The van der Waals surface area contributed by atoms with Crippen LogP contribution in [0.1, 0.15) is 12.5 Å². The molecule has 0 aliphatic heterocycles. The number of aliphatic hydroxyl groups is 1. The molecule has 0 saturated heterocycles. The van der Waals surface area contributed by atoms with Gasteiger partial charge in [0.1, 0.15) is 0 Å². The number of thioether (sulfide) groups is 1. The lowest BCUT2D eigenvalue weighted by molar-refractivity contribution is -0.158. The number of aryl methyl sites for hydroxylation is 1. The average Bonchev–Trinajstić information content (AvgIpc) is 2.30. The number of para-hydroxylation sites is 1. The smallest absolute Gasteiger partial charge is 0.338 e. The number of hydrogen-bond donors (Lipinski definition) is 2. The van der Waals surface area contributed by atoms with Crippen molar-refractivity contribution in [1.29, 1.82) is 0 Å². The van der Waals surface area contributed by atoms with E-state index in [1.54, 1.807) is 0 Å². The van der Waals surface area contributed by atoms with Crippen molar-refractivity contribution in [2.75, 3.05) is 18.6 Å². The van der Waals surface area contributed by atoms with Crippen LogP contribution in [0.2, 0.25) is 0 Å². The number of carbonyl (C=O) groups excluding carboxylic acids is 1. The molecule has 94 valence electrons. The summed E-state index contributed by atoms with van der Waals surface area (Å²) in [6, 6.07) is 5.67. The second-order valence-corrected chi connectivity index (χ2v) is 5.06. The number of esters is 1. The summed E-state index contributed by atoms with van der Waals surface area (Å²) in [5.41, 5.74) is 6.06. The van der Waals surface area contributed by atoms with Crippen LogP contribution in [0.4, 0.5) is 5.69 Å². The molecule has 1 rings (SSSR count). The second-order valence-electron chi connectivity index (χ2n) is 4.04. The minimum atomic E-state index is -1.50. The van der Waals surface area contributed by atoms with E-state index in [-0.39, 0.29) is 5.75 Å². The number of methoxy groups -OCH3 is 1. The van der Waals surface area contributed by atoms with E-state index >= 15 is 0 Å². The van der Waals surface area contributed by atoms with E-state index in [0.717, 1.165) is 10.5 Å². The monoisotopic (exact) mass is 255 g/mol. The fraction of sp³-hybridized carbons (Fsp3) is 0.417. The normalized spacial score (nSPS) is 14.1. The van der Waals surface area contributed by atoms with Gasteiger partial charge in [0.25, 0.3) is 0 Å². The molecule has 3 N–H and O–H groups in total. The second kappa shape index (κ2) is 5.42. The standard InChI is InChI=1S/C12H17NO3S/c1-8-5-4-6-9(10(8)13)17-7-12(2,15)11(14)16-3/h4-6,15H,7,13H2,1-3H3. The predicted octanol–water partition coefficient (Wildman–Crippen LogP) is 1.59. The Morgan fingerprint density at radius 1 is 1.59 bits per heavy atom. The first kappa shape index (κ1) is 13.9.